The highest BCUT2D eigenvalue weighted by Gasteiger charge is 2.39. The van der Waals surface area contributed by atoms with Gasteiger partial charge in [-0.3, -0.25) is 4.90 Å². The van der Waals surface area contributed by atoms with E-state index >= 15 is 0 Å². The summed E-state index contributed by atoms with van der Waals surface area (Å²) < 4.78 is 18.6. The first-order valence-corrected chi connectivity index (χ1v) is 12.5. The van der Waals surface area contributed by atoms with Crippen LogP contribution in [-0.2, 0) is 27.4 Å². The van der Waals surface area contributed by atoms with E-state index in [1.165, 1.54) is 0 Å². The van der Waals surface area contributed by atoms with Gasteiger partial charge in [-0.15, -0.1) is 0 Å². The number of nitrogens with zero attached hydrogens (tertiary/aromatic N) is 1. The van der Waals surface area contributed by atoms with Crippen LogP contribution in [0.1, 0.15) is 48.5 Å². The van der Waals surface area contributed by atoms with Crippen LogP contribution < -0.4 is 10.6 Å². The van der Waals surface area contributed by atoms with E-state index in [-0.39, 0.29) is 30.8 Å². The lowest BCUT2D eigenvalue weighted by Gasteiger charge is -2.43. The minimum atomic E-state index is -0.495. The third-order valence-corrected chi connectivity index (χ3v) is 6.71. The molecule has 2 aromatic rings. The number of rotatable bonds is 8. The van der Waals surface area contributed by atoms with Crippen LogP contribution in [-0.4, -0.2) is 61.5 Å². The fourth-order valence-electron chi connectivity index (χ4n) is 4.56. The Bertz CT molecular complexity index is 931. The van der Waals surface area contributed by atoms with E-state index in [1.54, 1.807) is 0 Å². The standard InChI is InChI=1S/C27H37N3O5/c1-3-28-27(32)29-16-20-4-10-23(11-5-20)26-34-24(17-30-12-14-33-15-13-30)19(2)25(35-26)22-8-6-21(18-31)7-9-22/h4-11,19,24-26,31H,3,12-18H2,1-2H3,(H2,28,29,32). The summed E-state index contributed by atoms with van der Waals surface area (Å²) in [6.07, 6.45) is -0.634. The van der Waals surface area contributed by atoms with Crippen molar-refractivity contribution in [3.8, 4) is 0 Å². The number of amides is 2. The van der Waals surface area contributed by atoms with Crippen molar-refractivity contribution in [1.29, 1.82) is 0 Å². The number of hydrogen-bond acceptors (Lipinski definition) is 6. The van der Waals surface area contributed by atoms with Crippen molar-refractivity contribution in [1.82, 2.24) is 15.5 Å². The summed E-state index contributed by atoms with van der Waals surface area (Å²) in [7, 11) is 0. The molecule has 0 saturated carbocycles. The van der Waals surface area contributed by atoms with Crippen molar-refractivity contribution in [3.63, 3.8) is 0 Å². The highest BCUT2D eigenvalue weighted by atomic mass is 16.7. The molecule has 8 nitrogen and oxygen atoms in total. The summed E-state index contributed by atoms with van der Waals surface area (Å²) in [6.45, 7) is 9.27. The molecule has 2 aliphatic rings. The van der Waals surface area contributed by atoms with E-state index < -0.39 is 6.29 Å². The fraction of sp³-hybridized carbons (Fsp3) is 0.519. The van der Waals surface area contributed by atoms with Gasteiger partial charge in [0.25, 0.3) is 0 Å². The summed E-state index contributed by atoms with van der Waals surface area (Å²) in [5.41, 5.74) is 3.91. The molecule has 0 radical (unpaired) electrons. The minimum absolute atomic E-state index is 0.00606. The van der Waals surface area contributed by atoms with Crippen molar-refractivity contribution in [2.24, 2.45) is 5.92 Å². The van der Waals surface area contributed by atoms with Gasteiger partial charge in [-0.2, -0.15) is 0 Å². The van der Waals surface area contributed by atoms with Crippen molar-refractivity contribution < 1.29 is 24.1 Å². The molecule has 2 fully saturated rings. The van der Waals surface area contributed by atoms with Gasteiger partial charge in [-0.25, -0.2) is 4.79 Å². The Labute approximate surface area is 207 Å². The zero-order valence-electron chi connectivity index (χ0n) is 20.6. The molecule has 0 aromatic heterocycles. The first kappa shape index (κ1) is 25.6. The lowest BCUT2D eigenvalue weighted by molar-refractivity contribution is -0.277. The number of carbonyl (C=O) groups is 1. The number of urea groups is 1. The molecular formula is C27H37N3O5. The average Bonchev–Trinajstić information content (AvgIpc) is 2.90. The van der Waals surface area contributed by atoms with E-state index in [9.17, 15) is 9.90 Å². The van der Waals surface area contributed by atoms with E-state index in [2.05, 4.69) is 22.5 Å². The largest absolute Gasteiger partial charge is 0.392 e. The Kier molecular flexibility index (Phi) is 9.12. The topological polar surface area (TPSA) is 92.3 Å². The number of carbonyl (C=O) groups excluding carboxylic acids is 1. The molecule has 0 aliphatic carbocycles. The molecule has 35 heavy (non-hydrogen) atoms. The first-order valence-electron chi connectivity index (χ1n) is 12.5. The number of aliphatic hydroxyl groups is 1. The predicted molar refractivity (Wildman–Crippen MR) is 133 cm³/mol. The quantitative estimate of drug-likeness (QED) is 0.534. The summed E-state index contributed by atoms with van der Waals surface area (Å²) in [5, 5.41) is 15.0. The number of morpholine rings is 1. The molecule has 2 amide bonds. The molecule has 4 unspecified atom stereocenters. The van der Waals surface area contributed by atoms with Crippen LogP contribution in [0.4, 0.5) is 4.79 Å². The Balaban J connectivity index is 1.50. The van der Waals surface area contributed by atoms with E-state index in [4.69, 9.17) is 14.2 Å². The number of hydrogen-bond donors (Lipinski definition) is 3. The van der Waals surface area contributed by atoms with E-state index in [0.29, 0.717) is 13.1 Å². The predicted octanol–water partition coefficient (Wildman–Crippen LogP) is 3.12. The summed E-state index contributed by atoms with van der Waals surface area (Å²) >= 11 is 0. The molecule has 0 bridgehead atoms. The SMILES string of the molecule is CCNC(=O)NCc1ccc(C2OC(CN3CCOCC3)C(C)C(c3ccc(CO)cc3)O2)cc1. The van der Waals surface area contributed by atoms with Gasteiger partial charge in [0.05, 0.1) is 32.0 Å². The number of aliphatic hydroxyl groups excluding tert-OH is 1. The molecule has 2 saturated heterocycles. The van der Waals surface area contributed by atoms with Gasteiger partial charge in [0.15, 0.2) is 6.29 Å². The normalized spacial score (nSPS) is 25.2. The molecule has 4 rings (SSSR count). The Morgan fingerprint density at radius 2 is 1.63 bits per heavy atom. The minimum Gasteiger partial charge on any atom is -0.392 e. The van der Waals surface area contributed by atoms with Crippen molar-refractivity contribution in [2.45, 2.75) is 45.5 Å². The maximum atomic E-state index is 11.7. The Morgan fingerprint density at radius 1 is 0.971 bits per heavy atom. The van der Waals surface area contributed by atoms with Gasteiger partial charge in [0, 0.05) is 44.2 Å². The molecule has 2 aromatic carbocycles. The molecule has 190 valence electrons. The van der Waals surface area contributed by atoms with Crippen LogP contribution in [0.2, 0.25) is 0 Å². The highest BCUT2D eigenvalue weighted by molar-refractivity contribution is 5.73. The van der Waals surface area contributed by atoms with Gasteiger partial charge in [-0.05, 0) is 23.6 Å². The zero-order valence-corrected chi connectivity index (χ0v) is 20.6. The molecule has 3 N–H and O–H groups in total. The van der Waals surface area contributed by atoms with Crippen LogP contribution in [0, 0.1) is 5.92 Å². The zero-order chi connectivity index (χ0) is 24.6. The lowest BCUT2D eigenvalue weighted by Crippen LogP contribution is -2.47. The van der Waals surface area contributed by atoms with E-state index in [1.807, 2.05) is 55.5 Å². The average molecular weight is 484 g/mol. The maximum Gasteiger partial charge on any atom is 0.315 e. The van der Waals surface area contributed by atoms with Crippen LogP contribution in [0.3, 0.4) is 0 Å². The second-order valence-electron chi connectivity index (χ2n) is 9.19. The van der Waals surface area contributed by atoms with Gasteiger partial charge < -0.3 is 30.0 Å². The number of benzene rings is 2. The van der Waals surface area contributed by atoms with Crippen LogP contribution in [0.15, 0.2) is 48.5 Å². The van der Waals surface area contributed by atoms with Crippen LogP contribution in [0.5, 0.6) is 0 Å². The van der Waals surface area contributed by atoms with Crippen LogP contribution in [0.25, 0.3) is 0 Å². The Hall–Kier alpha value is -2.49. The van der Waals surface area contributed by atoms with E-state index in [0.717, 1.165) is 55.1 Å². The molecule has 4 atom stereocenters. The van der Waals surface area contributed by atoms with Crippen LogP contribution >= 0.6 is 0 Å². The monoisotopic (exact) mass is 483 g/mol. The second-order valence-corrected chi connectivity index (χ2v) is 9.19. The van der Waals surface area contributed by atoms with Crippen molar-refractivity contribution in [2.75, 3.05) is 39.4 Å². The second kappa shape index (κ2) is 12.5. The number of ether oxygens (including phenoxy) is 3. The Morgan fingerprint density at radius 3 is 2.29 bits per heavy atom. The number of nitrogens with one attached hydrogen (secondary N) is 2. The molecule has 2 aliphatic heterocycles. The van der Waals surface area contributed by atoms with Gasteiger partial charge in [0.1, 0.15) is 0 Å². The van der Waals surface area contributed by atoms with Gasteiger partial charge >= 0.3 is 6.03 Å². The first-order chi connectivity index (χ1) is 17.1. The fourth-order valence-corrected chi connectivity index (χ4v) is 4.56. The molecular weight excluding hydrogens is 446 g/mol. The van der Waals surface area contributed by atoms with Crippen molar-refractivity contribution in [3.05, 3.63) is 70.8 Å². The smallest absolute Gasteiger partial charge is 0.315 e. The third-order valence-electron chi connectivity index (χ3n) is 6.71. The molecule has 0 spiro atoms. The lowest BCUT2D eigenvalue weighted by atomic mass is 9.90. The maximum absolute atomic E-state index is 11.7. The van der Waals surface area contributed by atoms with Gasteiger partial charge in [-0.1, -0.05) is 55.5 Å². The third kappa shape index (κ3) is 6.80. The summed E-state index contributed by atoms with van der Waals surface area (Å²) in [5.74, 6) is 0.148. The van der Waals surface area contributed by atoms with Gasteiger partial charge in [0.2, 0.25) is 0 Å². The summed E-state index contributed by atoms with van der Waals surface area (Å²) in [6, 6.07) is 15.8. The van der Waals surface area contributed by atoms with Crippen molar-refractivity contribution >= 4 is 6.03 Å². The summed E-state index contributed by atoms with van der Waals surface area (Å²) in [4.78, 5) is 14.1. The molecule has 2 heterocycles. The molecule has 8 heteroatoms. The highest BCUT2D eigenvalue weighted by Crippen LogP contribution is 2.41.